The van der Waals surface area contributed by atoms with Gasteiger partial charge in [-0.15, -0.1) is 0 Å². The van der Waals surface area contributed by atoms with E-state index < -0.39 is 0 Å². The quantitative estimate of drug-likeness (QED) is 0.603. The van der Waals surface area contributed by atoms with Crippen LogP contribution in [0.1, 0.15) is 23.7 Å². The highest BCUT2D eigenvalue weighted by molar-refractivity contribution is 6.00. The van der Waals surface area contributed by atoms with Gasteiger partial charge >= 0.3 is 0 Å². The van der Waals surface area contributed by atoms with Crippen LogP contribution < -0.4 is 5.43 Å². The maximum Gasteiger partial charge on any atom is 0.0890 e. The maximum atomic E-state index is 4.62. The monoisotopic (exact) mass is 351 g/mol. The van der Waals surface area contributed by atoms with Gasteiger partial charge in [0.15, 0.2) is 0 Å². The highest BCUT2D eigenvalue weighted by Gasteiger charge is 2.22. The minimum Gasteiger partial charge on any atom is -0.302 e. The molecule has 0 amide bonds. The van der Waals surface area contributed by atoms with Crippen molar-refractivity contribution in [3.8, 4) is 11.1 Å². The van der Waals surface area contributed by atoms with Gasteiger partial charge in [0.1, 0.15) is 0 Å². The third-order valence-electron chi connectivity index (χ3n) is 4.81. The van der Waals surface area contributed by atoms with Crippen LogP contribution in [0.2, 0.25) is 0 Å². The molecule has 0 aliphatic carbocycles. The minimum absolute atomic E-state index is 0.127. The lowest BCUT2D eigenvalue weighted by Crippen LogP contribution is -2.10. The molecule has 27 heavy (non-hydrogen) atoms. The van der Waals surface area contributed by atoms with E-state index in [0.717, 1.165) is 45.6 Å². The molecule has 0 saturated heterocycles. The molecule has 2 aromatic heterocycles. The summed E-state index contributed by atoms with van der Waals surface area (Å²) in [6.45, 7) is 0. The molecule has 0 bridgehead atoms. The summed E-state index contributed by atoms with van der Waals surface area (Å²) in [5.74, 6) is 0. The fourth-order valence-corrected chi connectivity index (χ4v) is 3.36. The van der Waals surface area contributed by atoms with Gasteiger partial charge in [0.2, 0.25) is 0 Å². The van der Waals surface area contributed by atoms with Crippen LogP contribution in [0.4, 0.5) is 0 Å². The van der Waals surface area contributed by atoms with Gasteiger partial charge in [0.25, 0.3) is 0 Å². The van der Waals surface area contributed by atoms with E-state index in [-0.39, 0.29) is 6.04 Å². The van der Waals surface area contributed by atoms with E-state index in [9.17, 15) is 0 Å². The number of rotatable bonds is 3. The third-order valence-corrected chi connectivity index (χ3v) is 4.81. The van der Waals surface area contributed by atoms with Gasteiger partial charge in [0, 0.05) is 30.6 Å². The molecule has 5 heteroatoms. The Balaban J connectivity index is 1.35. The standard InChI is InChI=1S/C22H17N5/c1-2-4-15(5-3-1)17-7-9-19(25-14-17)22-13-20(26-27-22)16-6-8-18-21(12-16)24-11-10-23-18/h1-12,14,20,26H,13H2. The van der Waals surface area contributed by atoms with Crippen molar-refractivity contribution >= 4 is 16.7 Å². The number of fused-ring (bicyclic) bond motifs is 1. The van der Waals surface area contributed by atoms with Gasteiger partial charge in [-0.1, -0.05) is 42.5 Å². The Morgan fingerprint density at radius 2 is 1.63 bits per heavy atom. The number of hydrazone groups is 1. The van der Waals surface area contributed by atoms with Crippen LogP contribution >= 0.6 is 0 Å². The molecule has 4 aromatic rings. The lowest BCUT2D eigenvalue weighted by Gasteiger charge is -2.10. The predicted molar refractivity (Wildman–Crippen MR) is 106 cm³/mol. The number of benzene rings is 2. The molecule has 1 aliphatic rings. The van der Waals surface area contributed by atoms with Gasteiger partial charge in [-0.25, -0.2) is 0 Å². The number of pyridine rings is 1. The summed E-state index contributed by atoms with van der Waals surface area (Å²) in [5, 5.41) is 4.51. The van der Waals surface area contributed by atoms with E-state index in [2.05, 4.69) is 55.8 Å². The van der Waals surface area contributed by atoms with E-state index in [1.54, 1.807) is 12.4 Å². The Morgan fingerprint density at radius 3 is 2.44 bits per heavy atom. The molecule has 1 N–H and O–H groups in total. The second-order valence-corrected chi connectivity index (χ2v) is 6.55. The summed E-state index contributed by atoms with van der Waals surface area (Å²) in [6, 6.07) is 20.7. The first kappa shape index (κ1) is 15.6. The van der Waals surface area contributed by atoms with Crippen LogP contribution in [-0.2, 0) is 0 Å². The van der Waals surface area contributed by atoms with Crippen LogP contribution in [0.15, 0.2) is 84.4 Å². The molecule has 0 spiro atoms. The SMILES string of the molecule is c1ccc(-c2ccc(C3=NNC(c4ccc5nccnc5c4)C3)nc2)cc1. The summed E-state index contributed by atoms with van der Waals surface area (Å²) < 4.78 is 0. The van der Waals surface area contributed by atoms with Crippen LogP contribution in [0.25, 0.3) is 22.2 Å². The number of hydrogen-bond donors (Lipinski definition) is 1. The minimum atomic E-state index is 0.127. The molecule has 2 aromatic carbocycles. The first-order chi connectivity index (χ1) is 13.4. The Hall–Kier alpha value is -3.60. The zero-order valence-corrected chi connectivity index (χ0v) is 14.6. The van der Waals surface area contributed by atoms with Gasteiger partial charge < -0.3 is 5.43 Å². The second kappa shape index (κ2) is 6.61. The topological polar surface area (TPSA) is 63.1 Å². The van der Waals surface area contributed by atoms with Crippen molar-refractivity contribution in [1.82, 2.24) is 20.4 Å². The lowest BCUT2D eigenvalue weighted by molar-refractivity contribution is 0.620. The van der Waals surface area contributed by atoms with Crippen LogP contribution in [-0.4, -0.2) is 20.7 Å². The molecule has 130 valence electrons. The zero-order valence-electron chi connectivity index (χ0n) is 14.6. The molecule has 0 radical (unpaired) electrons. The molecule has 1 unspecified atom stereocenters. The molecular formula is C22H17N5. The molecule has 0 fully saturated rings. The zero-order chi connectivity index (χ0) is 18.1. The number of hydrogen-bond acceptors (Lipinski definition) is 5. The van der Waals surface area contributed by atoms with Gasteiger partial charge in [-0.3, -0.25) is 15.0 Å². The van der Waals surface area contributed by atoms with E-state index in [4.69, 9.17) is 0 Å². The number of aromatic nitrogens is 3. The first-order valence-corrected chi connectivity index (χ1v) is 8.91. The largest absolute Gasteiger partial charge is 0.302 e. The Bertz CT molecular complexity index is 1120. The summed E-state index contributed by atoms with van der Waals surface area (Å²) in [7, 11) is 0. The molecule has 5 rings (SSSR count). The molecular weight excluding hydrogens is 334 g/mol. The molecule has 1 aliphatic heterocycles. The van der Waals surface area contributed by atoms with Gasteiger partial charge in [-0.2, -0.15) is 5.10 Å². The number of nitrogens with one attached hydrogen (secondary N) is 1. The van der Waals surface area contributed by atoms with Crippen molar-refractivity contribution in [2.24, 2.45) is 5.10 Å². The summed E-state index contributed by atoms with van der Waals surface area (Å²) in [6.07, 6.45) is 6.13. The normalized spacial score (nSPS) is 16.1. The molecule has 5 nitrogen and oxygen atoms in total. The Labute approximate surface area is 156 Å². The molecule has 0 saturated carbocycles. The Kier molecular flexibility index (Phi) is 3.83. The fraction of sp³-hybridized carbons (Fsp3) is 0.0909. The van der Waals surface area contributed by atoms with Crippen molar-refractivity contribution in [3.63, 3.8) is 0 Å². The average Bonchev–Trinajstić information content (AvgIpc) is 3.24. The van der Waals surface area contributed by atoms with Gasteiger partial charge in [0.05, 0.1) is 28.5 Å². The van der Waals surface area contributed by atoms with E-state index in [1.807, 2.05) is 36.5 Å². The van der Waals surface area contributed by atoms with Crippen molar-refractivity contribution < 1.29 is 0 Å². The van der Waals surface area contributed by atoms with Crippen molar-refractivity contribution in [3.05, 3.63) is 90.5 Å². The van der Waals surface area contributed by atoms with Crippen molar-refractivity contribution in [2.45, 2.75) is 12.5 Å². The lowest BCUT2D eigenvalue weighted by atomic mass is 10.00. The highest BCUT2D eigenvalue weighted by atomic mass is 15.3. The third kappa shape index (κ3) is 3.04. The molecule has 3 heterocycles. The number of nitrogens with zero attached hydrogens (tertiary/aromatic N) is 4. The highest BCUT2D eigenvalue weighted by Crippen LogP contribution is 2.26. The van der Waals surface area contributed by atoms with Crippen LogP contribution in [0.3, 0.4) is 0 Å². The van der Waals surface area contributed by atoms with E-state index in [0.29, 0.717) is 0 Å². The smallest absolute Gasteiger partial charge is 0.0890 e. The molecule has 1 atom stereocenters. The summed E-state index contributed by atoms with van der Waals surface area (Å²) in [4.78, 5) is 13.3. The fourth-order valence-electron chi connectivity index (χ4n) is 3.36. The van der Waals surface area contributed by atoms with Crippen molar-refractivity contribution in [1.29, 1.82) is 0 Å². The van der Waals surface area contributed by atoms with E-state index >= 15 is 0 Å². The maximum absolute atomic E-state index is 4.62. The second-order valence-electron chi connectivity index (χ2n) is 6.55. The van der Waals surface area contributed by atoms with Crippen LogP contribution in [0, 0.1) is 0 Å². The predicted octanol–water partition coefficient (Wildman–Crippen LogP) is 4.13. The van der Waals surface area contributed by atoms with Gasteiger partial charge in [-0.05, 0) is 29.3 Å². The summed E-state index contributed by atoms with van der Waals surface area (Å²) >= 11 is 0. The first-order valence-electron chi connectivity index (χ1n) is 8.91. The van der Waals surface area contributed by atoms with Crippen LogP contribution in [0.5, 0.6) is 0 Å². The van der Waals surface area contributed by atoms with E-state index in [1.165, 1.54) is 0 Å². The van der Waals surface area contributed by atoms with Crippen molar-refractivity contribution in [2.75, 3.05) is 0 Å². The Morgan fingerprint density at radius 1 is 0.778 bits per heavy atom. The summed E-state index contributed by atoms with van der Waals surface area (Å²) in [5.41, 5.74) is 10.3. The average molecular weight is 351 g/mol.